The van der Waals surface area contributed by atoms with Gasteiger partial charge in [0.25, 0.3) is 0 Å². The number of primary amides is 1. The van der Waals surface area contributed by atoms with Crippen LogP contribution in [0.25, 0.3) is 0 Å². The van der Waals surface area contributed by atoms with Crippen molar-refractivity contribution < 1.29 is 22.4 Å². The Hall–Kier alpha value is -2.20. The number of anilines is 1. The molecule has 4 bridgehead atoms. The number of hydrogen-bond donors (Lipinski definition) is 2. The maximum absolute atomic E-state index is 14.0. The van der Waals surface area contributed by atoms with Gasteiger partial charge in [0.15, 0.2) is 0 Å². The molecule has 10 heteroatoms. The fraction of sp³-hybridized carbons (Fsp3) is 0.619. The molecule has 2 unspecified atom stereocenters. The van der Waals surface area contributed by atoms with Gasteiger partial charge in [0, 0.05) is 25.6 Å². The van der Waals surface area contributed by atoms with Crippen molar-refractivity contribution in [2.75, 3.05) is 24.9 Å². The molecule has 0 aliphatic heterocycles. The molecule has 1 aromatic rings. The molecule has 3 N–H and O–H groups in total. The third kappa shape index (κ3) is 3.80. The predicted molar refractivity (Wildman–Crippen MR) is 113 cm³/mol. The lowest BCUT2D eigenvalue weighted by molar-refractivity contribution is -0.147. The molecule has 0 spiro atoms. The molecule has 0 aromatic heterocycles. The first-order valence-corrected chi connectivity index (χ1v) is 12.0. The molecule has 8 nitrogen and oxygen atoms in total. The van der Waals surface area contributed by atoms with Gasteiger partial charge in [-0.05, 0) is 62.0 Å². The van der Waals surface area contributed by atoms with Crippen molar-refractivity contribution in [1.82, 2.24) is 9.62 Å². The molecular weight excluding hydrogens is 423 g/mol. The zero-order chi connectivity index (χ0) is 22.6. The SMILES string of the molecule is CN(CC(=O)NC1C2CC3CC1CC(C(N)=O)(C3)C2)S(=O)(=O)N(C)c1ccccc1F. The van der Waals surface area contributed by atoms with Gasteiger partial charge < -0.3 is 11.1 Å². The molecule has 4 fully saturated rings. The number of halogens is 1. The summed E-state index contributed by atoms with van der Waals surface area (Å²) in [7, 11) is -1.54. The van der Waals surface area contributed by atoms with Gasteiger partial charge >= 0.3 is 10.2 Å². The highest BCUT2D eigenvalue weighted by atomic mass is 32.2. The topological polar surface area (TPSA) is 113 Å². The number of likely N-dealkylation sites (N-methyl/N-ethyl adjacent to an activating group) is 1. The van der Waals surface area contributed by atoms with E-state index in [1.54, 1.807) is 6.07 Å². The van der Waals surface area contributed by atoms with Crippen LogP contribution in [-0.2, 0) is 19.8 Å². The normalized spacial score (nSPS) is 31.6. The monoisotopic (exact) mass is 452 g/mol. The Bertz CT molecular complexity index is 985. The summed E-state index contributed by atoms with van der Waals surface area (Å²) < 4.78 is 41.4. The van der Waals surface area contributed by atoms with E-state index in [1.807, 2.05) is 0 Å². The van der Waals surface area contributed by atoms with E-state index in [1.165, 1.54) is 32.3 Å². The second kappa shape index (κ2) is 7.74. The van der Waals surface area contributed by atoms with Gasteiger partial charge in [0.1, 0.15) is 5.82 Å². The smallest absolute Gasteiger partial charge is 0.304 e. The highest BCUT2D eigenvalue weighted by Gasteiger charge is 2.58. The van der Waals surface area contributed by atoms with Gasteiger partial charge in [-0.15, -0.1) is 0 Å². The average molecular weight is 453 g/mol. The van der Waals surface area contributed by atoms with Gasteiger partial charge in [-0.25, -0.2) is 4.39 Å². The first kappa shape index (κ1) is 22.0. The molecule has 1 aromatic carbocycles. The number of para-hydroxylation sites is 1. The molecule has 0 radical (unpaired) electrons. The van der Waals surface area contributed by atoms with Crippen molar-refractivity contribution in [2.24, 2.45) is 28.9 Å². The number of carbonyl (C=O) groups is 2. The van der Waals surface area contributed by atoms with Crippen LogP contribution in [0.15, 0.2) is 24.3 Å². The number of carbonyl (C=O) groups excluding carboxylic acids is 2. The minimum atomic E-state index is -4.09. The van der Waals surface area contributed by atoms with Crippen LogP contribution in [0.3, 0.4) is 0 Å². The molecule has 4 aliphatic rings. The summed E-state index contributed by atoms with van der Waals surface area (Å²) in [5.41, 5.74) is 5.17. The lowest BCUT2D eigenvalue weighted by atomic mass is 9.47. The average Bonchev–Trinajstić information content (AvgIpc) is 2.70. The predicted octanol–water partition coefficient (Wildman–Crippen LogP) is 1.23. The first-order valence-electron chi connectivity index (χ1n) is 10.6. The number of nitrogens with two attached hydrogens (primary N) is 1. The molecule has 4 saturated carbocycles. The fourth-order valence-corrected chi connectivity index (χ4v) is 7.21. The van der Waals surface area contributed by atoms with Gasteiger partial charge in [-0.2, -0.15) is 12.7 Å². The molecular formula is C21H29FN4O4S. The van der Waals surface area contributed by atoms with Crippen LogP contribution < -0.4 is 15.4 Å². The summed E-state index contributed by atoms with van der Waals surface area (Å²) in [5, 5.41) is 3.02. The molecule has 0 saturated heterocycles. The summed E-state index contributed by atoms with van der Waals surface area (Å²) in [6.45, 7) is -0.374. The second-order valence-corrected chi connectivity index (χ2v) is 11.5. The molecule has 2 amide bonds. The van der Waals surface area contributed by atoms with E-state index in [0.717, 1.165) is 27.9 Å². The summed E-state index contributed by atoms with van der Waals surface area (Å²) in [6.07, 6.45) is 4.13. The molecule has 0 heterocycles. The zero-order valence-corrected chi connectivity index (χ0v) is 18.6. The van der Waals surface area contributed by atoms with Crippen molar-refractivity contribution in [1.29, 1.82) is 0 Å². The lowest BCUT2D eigenvalue weighted by Gasteiger charge is -2.58. The third-order valence-electron chi connectivity index (χ3n) is 7.42. The number of hydrogen-bond acceptors (Lipinski definition) is 4. The summed E-state index contributed by atoms with van der Waals surface area (Å²) >= 11 is 0. The molecule has 31 heavy (non-hydrogen) atoms. The minimum Gasteiger partial charge on any atom is -0.369 e. The van der Waals surface area contributed by atoms with E-state index >= 15 is 0 Å². The van der Waals surface area contributed by atoms with Crippen LogP contribution >= 0.6 is 0 Å². The number of amides is 2. The summed E-state index contributed by atoms with van der Waals surface area (Å²) in [4.78, 5) is 24.8. The highest BCUT2D eigenvalue weighted by molar-refractivity contribution is 7.90. The van der Waals surface area contributed by atoms with E-state index in [9.17, 15) is 22.4 Å². The Morgan fingerprint density at radius 2 is 1.77 bits per heavy atom. The van der Waals surface area contributed by atoms with Gasteiger partial charge in [-0.1, -0.05) is 12.1 Å². The van der Waals surface area contributed by atoms with Crippen molar-refractivity contribution in [3.63, 3.8) is 0 Å². The number of nitrogens with zero attached hydrogens (tertiary/aromatic N) is 2. The third-order valence-corrected chi connectivity index (χ3v) is 9.23. The number of benzene rings is 1. The van der Waals surface area contributed by atoms with Crippen LogP contribution in [0, 0.1) is 29.0 Å². The lowest BCUT2D eigenvalue weighted by Crippen LogP contribution is -2.62. The Morgan fingerprint density at radius 3 is 2.35 bits per heavy atom. The van der Waals surface area contributed by atoms with E-state index in [4.69, 9.17) is 5.73 Å². The molecule has 2 atom stereocenters. The zero-order valence-electron chi connectivity index (χ0n) is 17.8. The van der Waals surface area contributed by atoms with E-state index in [-0.39, 0.29) is 36.0 Å². The Morgan fingerprint density at radius 1 is 1.16 bits per heavy atom. The van der Waals surface area contributed by atoms with Crippen LogP contribution in [0.1, 0.15) is 32.1 Å². The minimum absolute atomic E-state index is 0.0723. The summed E-state index contributed by atoms with van der Waals surface area (Å²) in [6, 6.07) is 5.49. The Kier molecular flexibility index (Phi) is 5.49. The van der Waals surface area contributed by atoms with Crippen molar-refractivity contribution in [2.45, 2.75) is 38.1 Å². The van der Waals surface area contributed by atoms with Crippen LogP contribution in [0.4, 0.5) is 10.1 Å². The fourth-order valence-electron chi connectivity index (χ4n) is 6.12. The Balaban J connectivity index is 1.41. The molecule has 5 rings (SSSR count). The van der Waals surface area contributed by atoms with E-state index in [2.05, 4.69) is 5.32 Å². The molecule has 4 aliphatic carbocycles. The second-order valence-electron chi connectivity index (χ2n) is 9.39. The maximum atomic E-state index is 14.0. The quantitative estimate of drug-likeness (QED) is 0.648. The molecule has 170 valence electrons. The van der Waals surface area contributed by atoms with Crippen LogP contribution in [-0.4, -0.2) is 51.2 Å². The van der Waals surface area contributed by atoms with Crippen LogP contribution in [0.2, 0.25) is 0 Å². The van der Waals surface area contributed by atoms with Gasteiger partial charge in [0.2, 0.25) is 11.8 Å². The largest absolute Gasteiger partial charge is 0.369 e. The van der Waals surface area contributed by atoms with Crippen molar-refractivity contribution in [3.05, 3.63) is 30.1 Å². The van der Waals surface area contributed by atoms with Crippen LogP contribution in [0.5, 0.6) is 0 Å². The Labute approximate surface area is 182 Å². The number of nitrogens with one attached hydrogen (secondary N) is 1. The van der Waals surface area contributed by atoms with E-state index in [0.29, 0.717) is 18.8 Å². The highest BCUT2D eigenvalue weighted by Crippen LogP contribution is 2.59. The summed E-state index contributed by atoms with van der Waals surface area (Å²) in [5.74, 6) is -0.465. The van der Waals surface area contributed by atoms with Gasteiger partial charge in [0.05, 0.1) is 12.2 Å². The first-order chi connectivity index (χ1) is 14.5. The van der Waals surface area contributed by atoms with Crippen molar-refractivity contribution in [3.8, 4) is 0 Å². The van der Waals surface area contributed by atoms with E-state index < -0.39 is 27.3 Å². The van der Waals surface area contributed by atoms with Crippen molar-refractivity contribution >= 4 is 27.7 Å². The number of rotatable bonds is 7. The standard InChI is InChI=1S/C21H29FN4O4S/c1-25(31(29,30)26(2)17-6-4-3-5-16(17)22)12-18(27)24-19-14-7-13-8-15(19)11-21(9-13,10-14)20(23)28/h3-6,13-15,19H,7-12H2,1-2H3,(H2,23,28)(H,24,27). The van der Waals surface area contributed by atoms with Gasteiger partial charge in [-0.3, -0.25) is 13.9 Å². The maximum Gasteiger partial charge on any atom is 0.304 e.